The Morgan fingerprint density at radius 2 is 2.14 bits per heavy atom. The average molecular weight is 302 g/mol. The number of methoxy groups -OCH3 is 2. The standard InChI is InChI=1S/C18H26N2O2/c1-5-17(22-4)18(15-10-8-14(2)9-11-15)19-20-12-6-7-16(20)13-21-3/h8-11,16,18-19H,1,6-7,12-13H2,2-4H3/t16-,18-/m0/s1. The summed E-state index contributed by atoms with van der Waals surface area (Å²) in [5, 5.41) is 2.25. The van der Waals surface area contributed by atoms with Crippen LogP contribution in [-0.4, -0.2) is 38.4 Å². The monoisotopic (exact) mass is 302 g/mol. The van der Waals surface area contributed by atoms with Crippen LogP contribution in [0.2, 0.25) is 0 Å². The average Bonchev–Trinajstić information content (AvgIpc) is 2.96. The van der Waals surface area contributed by atoms with E-state index in [0.717, 1.165) is 25.1 Å². The minimum Gasteiger partial charge on any atom is -0.491 e. The van der Waals surface area contributed by atoms with Gasteiger partial charge in [-0.2, -0.15) is 0 Å². The Bertz CT molecular complexity index is 520. The number of hydrogen-bond acceptors (Lipinski definition) is 4. The van der Waals surface area contributed by atoms with E-state index >= 15 is 0 Å². The van der Waals surface area contributed by atoms with Gasteiger partial charge in [0.25, 0.3) is 0 Å². The van der Waals surface area contributed by atoms with Crippen molar-refractivity contribution in [1.29, 1.82) is 0 Å². The van der Waals surface area contributed by atoms with Crippen molar-refractivity contribution in [1.82, 2.24) is 10.4 Å². The van der Waals surface area contributed by atoms with Gasteiger partial charge in [-0.15, -0.1) is 0 Å². The molecule has 0 aromatic heterocycles. The second kappa shape index (κ2) is 8.16. The largest absolute Gasteiger partial charge is 0.491 e. The van der Waals surface area contributed by atoms with Gasteiger partial charge in [0.05, 0.1) is 13.7 Å². The molecule has 4 heteroatoms. The van der Waals surface area contributed by atoms with Gasteiger partial charge < -0.3 is 9.47 Å². The van der Waals surface area contributed by atoms with E-state index in [1.165, 1.54) is 12.0 Å². The molecule has 1 aromatic carbocycles. The molecule has 0 radical (unpaired) electrons. The Balaban J connectivity index is 2.21. The van der Waals surface area contributed by atoms with E-state index in [9.17, 15) is 0 Å². The van der Waals surface area contributed by atoms with Crippen LogP contribution in [0.4, 0.5) is 0 Å². The van der Waals surface area contributed by atoms with E-state index < -0.39 is 0 Å². The van der Waals surface area contributed by atoms with Crippen LogP contribution >= 0.6 is 0 Å². The summed E-state index contributed by atoms with van der Waals surface area (Å²) < 4.78 is 10.8. The highest BCUT2D eigenvalue weighted by atomic mass is 16.5. The summed E-state index contributed by atoms with van der Waals surface area (Å²) in [7, 11) is 3.41. The number of hydrogen-bond donors (Lipinski definition) is 1. The predicted molar refractivity (Wildman–Crippen MR) is 88.3 cm³/mol. The Hall–Kier alpha value is -1.58. The third-order valence-corrected chi connectivity index (χ3v) is 4.10. The zero-order valence-electron chi connectivity index (χ0n) is 13.8. The molecule has 1 fully saturated rings. The summed E-state index contributed by atoms with van der Waals surface area (Å²) in [6.07, 6.45) is 2.31. The molecular weight excluding hydrogens is 276 g/mol. The molecule has 1 aliphatic heterocycles. The first-order chi connectivity index (χ1) is 10.7. The van der Waals surface area contributed by atoms with E-state index in [4.69, 9.17) is 9.47 Å². The fourth-order valence-electron chi connectivity index (χ4n) is 2.87. The van der Waals surface area contributed by atoms with Gasteiger partial charge in [0.1, 0.15) is 6.04 Å². The maximum absolute atomic E-state index is 5.47. The van der Waals surface area contributed by atoms with Crippen molar-refractivity contribution in [3.63, 3.8) is 0 Å². The number of ether oxygens (including phenoxy) is 2. The van der Waals surface area contributed by atoms with Gasteiger partial charge in [0, 0.05) is 19.7 Å². The highest BCUT2D eigenvalue weighted by molar-refractivity contribution is 5.28. The molecule has 1 heterocycles. The normalized spacial score (nSPS) is 19.7. The van der Waals surface area contributed by atoms with Gasteiger partial charge in [-0.1, -0.05) is 42.1 Å². The molecular formula is C18H26N2O2. The molecule has 0 spiro atoms. The molecule has 4 nitrogen and oxygen atoms in total. The maximum Gasteiger partial charge on any atom is 0.160 e. The molecule has 2 atom stereocenters. The lowest BCUT2D eigenvalue weighted by molar-refractivity contribution is 0.0667. The minimum absolute atomic E-state index is 0.0828. The summed E-state index contributed by atoms with van der Waals surface area (Å²) in [5.41, 5.74) is 8.87. The van der Waals surface area contributed by atoms with Crippen LogP contribution in [0.15, 0.2) is 42.3 Å². The van der Waals surface area contributed by atoms with Crippen molar-refractivity contribution in [2.24, 2.45) is 0 Å². The van der Waals surface area contributed by atoms with Gasteiger partial charge in [-0.3, -0.25) is 0 Å². The molecule has 1 aromatic rings. The van der Waals surface area contributed by atoms with Gasteiger partial charge in [-0.05, 0) is 25.3 Å². The van der Waals surface area contributed by atoms with Crippen LogP contribution in [-0.2, 0) is 9.47 Å². The number of hydrazine groups is 1. The molecule has 22 heavy (non-hydrogen) atoms. The lowest BCUT2D eigenvalue weighted by Crippen LogP contribution is -2.46. The number of nitrogens with one attached hydrogen (secondary N) is 1. The van der Waals surface area contributed by atoms with Crippen molar-refractivity contribution < 1.29 is 9.47 Å². The van der Waals surface area contributed by atoms with E-state index in [2.05, 4.69) is 53.9 Å². The van der Waals surface area contributed by atoms with Crippen molar-refractivity contribution in [2.45, 2.75) is 31.8 Å². The van der Waals surface area contributed by atoms with E-state index in [1.807, 2.05) is 0 Å². The SMILES string of the molecule is C=C=C(OC)[C@@H](NN1CCC[C@H]1COC)c1ccc(C)cc1. The topological polar surface area (TPSA) is 33.7 Å². The van der Waals surface area contributed by atoms with Crippen LogP contribution in [0, 0.1) is 6.92 Å². The molecule has 1 saturated heterocycles. The third-order valence-electron chi connectivity index (χ3n) is 4.10. The fraction of sp³-hybridized carbons (Fsp3) is 0.500. The van der Waals surface area contributed by atoms with Crippen LogP contribution in [0.3, 0.4) is 0 Å². The fourth-order valence-corrected chi connectivity index (χ4v) is 2.87. The lowest BCUT2D eigenvalue weighted by Gasteiger charge is -2.30. The Labute approximate surface area is 133 Å². The van der Waals surface area contributed by atoms with Crippen LogP contribution in [0.5, 0.6) is 0 Å². The number of rotatable bonds is 7. The summed E-state index contributed by atoms with van der Waals surface area (Å²) in [6.45, 7) is 7.58. The zero-order valence-corrected chi connectivity index (χ0v) is 13.8. The van der Waals surface area contributed by atoms with Crippen molar-refractivity contribution in [3.8, 4) is 0 Å². The maximum atomic E-state index is 5.47. The van der Waals surface area contributed by atoms with Crippen LogP contribution in [0.1, 0.15) is 30.0 Å². The number of nitrogens with zero attached hydrogens (tertiary/aromatic N) is 1. The van der Waals surface area contributed by atoms with Crippen LogP contribution < -0.4 is 5.43 Å². The van der Waals surface area contributed by atoms with Crippen molar-refractivity contribution >= 4 is 0 Å². The highest BCUT2D eigenvalue weighted by Gasteiger charge is 2.28. The van der Waals surface area contributed by atoms with E-state index in [0.29, 0.717) is 11.8 Å². The molecule has 2 rings (SSSR count). The van der Waals surface area contributed by atoms with Gasteiger partial charge in [0.15, 0.2) is 5.76 Å². The lowest BCUT2D eigenvalue weighted by atomic mass is 10.0. The molecule has 0 aliphatic carbocycles. The minimum atomic E-state index is -0.0828. The third kappa shape index (κ3) is 3.99. The molecule has 120 valence electrons. The Morgan fingerprint density at radius 1 is 1.41 bits per heavy atom. The van der Waals surface area contributed by atoms with E-state index in [-0.39, 0.29) is 6.04 Å². The quantitative estimate of drug-likeness (QED) is 0.620. The molecule has 0 bridgehead atoms. The first kappa shape index (κ1) is 16.8. The zero-order chi connectivity index (χ0) is 15.9. The van der Waals surface area contributed by atoms with Gasteiger partial charge in [-0.25, -0.2) is 10.4 Å². The first-order valence-electron chi connectivity index (χ1n) is 7.71. The van der Waals surface area contributed by atoms with E-state index in [1.54, 1.807) is 14.2 Å². The Kier molecular flexibility index (Phi) is 6.22. The number of aryl methyl sites for hydroxylation is 1. The smallest absolute Gasteiger partial charge is 0.160 e. The first-order valence-corrected chi connectivity index (χ1v) is 7.71. The van der Waals surface area contributed by atoms with Crippen LogP contribution in [0.25, 0.3) is 0 Å². The number of benzene rings is 1. The molecule has 1 N–H and O–H groups in total. The Morgan fingerprint density at radius 3 is 2.73 bits per heavy atom. The second-order valence-electron chi connectivity index (χ2n) is 5.66. The second-order valence-corrected chi connectivity index (χ2v) is 5.66. The highest BCUT2D eigenvalue weighted by Crippen LogP contribution is 2.25. The van der Waals surface area contributed by atoms with Gasteiger partial charge in [0.2, 0.25) is 0 Å². The summed E-state index contributed by atoms with van der Waals surface area (Å²) in [6, 6.07) is 8.75. The summed E-state index contributed by atoms with van der Waals surface area (Å²) in [4.78, 5) is 0. The molecule has 0 unspecified atom stereocenters. The van der Waals surface area contributed by atoms with Gasteiger partial charge >= 0.3 is 0 Å². The molecule has 0 saturated carbocycles. The molecule has 0 amide bonds. The molecule has 1 aliphatic rings. The summed E-state index contributed by atoms with van der Waals surface area (Å²) in [5.74, 6) is 0.701. The van der Waals surface area contributed by atoms with Crippen molar-refractivity contribution in [3.05, 3.63) is 53.5 Å². The predicted octanol–water partition coefficient (Wildman–Crippen LogP) is 2.97. The van der Waals surface area contributed by atoms with Crippen molar-refractivity contribution in [2.75, 3.05) is 27.4 Å². The summed E-state index contributed by atoms with van der Waals surface area (Å²) >= 11 is 0.